The molecule has 43 heavy (non-hydrogen) atoms. The first-order valence-corrected chi connectivity index (χ1v) is 14.3. The maximum absolute atomic E-state index is 13.4. The van der Waals surface area contributed by atoms with Crippen LogP contribution in [0.3, 0.4) is 0 Å². The van der Waals surface area contributed by atoms with E-state index in [1.165, 1.54) is 0 Å². The van der Waals surface area contributed by atoms with E-state index in [9.17, 15) is 14.4 Å². The molecule has 0 aliphatic carbocycles. The van der Waals surface area contributed by atoms with Crippen LogP contribution < -0.4 is 16.0 Å². The number of aromatic nitrogens is 1. The zero-order valence-electron chi connectivity index (χ0n) is 24.6. The molecule has 2 fully saturated rings. The van der Waals surface area contributed by atoms with Crippen molar-refractivity contribution in [3.8, 4) is 11.1 Å². The summed E-state index contributed by atoms with van der Waals surface area (Å²) in [5.74, 6) is -1.01. The molecule has 0 spiro atoms. The Morgan fingerprint density at radius 2 is 1.63 bits per heavy atom. The van der Waals surface area contributed by atoms with E-state index in [0.717, 1.165) is 55.8 Å². The third-order valence-electron chi connectivity index (χ3n) is 8.08. The first kappa shape index (κ1) is 33.8. The summed E-state index contributed by atoms with van der Waals surface area (Å²) < 4.78 is 0. The van der Waals surface area contributed by atoms with E-state index in [0.29, 0.717) is 36.1 Å². The number of amides is 3. The highest BCUT2D eigenvalue weighted by Gasteiger charge is 2.30. The van der Waals surface area contributed by atoms with Gasteiger partial charge in [-0.2, -0.15) is 0 Å². The Hall–Kier alpha value is -3.66. The summed E-state index contributed by atoms with van der Waals surface area (Å²) in [6, 6.07) is 19.0. The topological polar surface area (TPSA) is 112 Å². The number of benzene rings is 2. The van der Waals surface area contributed by atoms with Crippen LogP contribution in [-0.4, -0.2) is 77.8 Å². The number of nitrogens with zero attached hydrogens (tertiary/aromatic N) is 4. The van der Waals surface area contributed by atoms with Crippen molar-refractivity contribution in [2.24, 2.45) is 11.7 Å². The van der Waals surface area contributed by atoms with Crippen LogP contribution in [0.2, 0.25) is 0 Å². The fourth-order valence-corrected chi connectivity index (χ4v) is 5.61. The van der Waals surface area contributed by atoms with Crippen molar-refractivity contribution in [1.29, 1.82) is 0 Å². The third-order valence-corrected chi connectivity index (χ3v) is 8.08. The van der Waals surface area contributed by atoms with Gasteiger partial charge in [0.25, 0.3) is 5.91 Å². The summed E-state index contributed by atoms with van der Waals surface area (Å²) >= 11 is 0. The van der Waals surface area contributed by atoms with Gasteiger partial charge in [0.2, 0.25) is 11.8 Å². The highest BCUT2D eigenvalue weighted by Crippen LogP contribution is 2.26. The summed E-state index contributed by atoms with van der Waals surface area (Å²) in [5.41, 5.74) is 9.74. The van der Waals surface area contributed by atoms with Crippen LogP contribution in [-0.2, 0) is 4.79 Å². The minimum absolute atomic E-state index is 0. The van der Waals surface area contributed by atoms with Crippen molar-refractivity contribution in [2.75, 3.05) is 49.5 Å². The quantitative estimate of drug-likeness (QED) is 0.393. The Kier molecular flexibility index (Phi) is 11.9. The second-order valence-electron chi connectivity index (χ2n) is 11.1. The lowest BCUT2D eigenvalue weighted by Gasteiger charge is -2.38. The lowest BCUT2D eigenvalue weighted by molar-refractivity contribution is -0.121. The number of piperidine rings is 1. The molecular formula is C32H40Cl2N6O3. The van der Waals surface area contributed by atoms with Gasteiger partial charge in [0.1, 0.15) is 5.69 Å². The number of nitrogens with two attached hydrogens (primary N) is 1. The van der Waals surface area contributed by atoms with Gasteiger partial charge in [-0.1, -0.05) is 24.3 Å². The molecule has 2 aromatic carbocycles. The minimum Gasteiger partial charge on any atom is -0.369 e. The predicted octanol–water partition coefficient (Wildman–Crippen LogP) is 4.71. The monoisotopic (exact) mass is 626 g/mol. The summed E-state index contributed by atoms with van der Waals surface area (Å²) in [6.45, 7) is 9.23. The molecule has 2 aliphatic rings. The van der Waals surface area contributed by atoms with Gasteiger partial charge >= 0.3 is 0 Å². The van der Waals surface area contributed by atoms with E-state index in [1.807, 2.05) is 48.5 Å². The van der Waals surface area contributed by atoms with Gasteiger partial charge < -0.3 is 20.9 Å². The van der Waals surface area contributed by atoms with Gasteiger partial charge in [-0.3, -0.25) is 24.3 Å². The average Bonchev–Trinajstić information content (AvgIpc) is 3.01. The molecule has 3 aromatic rings. The van der Waals surface area contributed by atoms with Crippen LogP contribution in [0, 0.1) is 5.92 Å². The fourth-order valence-electron chi connectivity index (χ4n) is 5.61. The molecule has 1 atom stereocenters. The molecule has 0 unspecified atom stereocenters. The number of primary amides is 1. The van der Waals surface area contributed by atoms with Crippen molar-refractivity contribution < 1.29 is 14.4 Å². The van der Waals surface area contributed by atoms with Crippen LogP contribution in [0.25, 0.3) is 11.1 Å². The second kappa shape index (κ2) is 15.2. The number of likely N-dealkylation sites (tertiary alicyclic amines) is 1. The largest absolute Gasteiger partial charge is 0.369 e. The van der Waals surface area contributed by atoms with Gasteiger partial charge in [0, 0.05) is 68.4 Å². The molecule has 230 valence electrons. The van der Waals surface area contributed by atoms with Crippen molar-refractivity contribution in [3.63, 3.8) is 0 Å². The molecule has 11 heteroatoms. The Labute approximate surface area is 265 Å². The maximum atomic E-state index is 13.4. The number of nitrogens with one attached hydrogen (secondary N) is 1. The van der Waals surface area contributed by atoms with Crippen molar-refractivity contribution >= 4 is 53.9 Å². The van der Waals surface area contributed by atoms with Gasteiger partial charge in [-0.15, -0.1) is 24.8 Å². The molecular weight excluding hydrogens is 587 g/mol. The van der Waals surface area contributed by atoms with Crippen LogP contribution in [0.1, 0.15) is 47.5 Å². The normalized spacial score (nSPS) is 17.0. The number of rotatable bonds is 7. The van der Waals surface area contributed by atoms with E-state index >= 15 is 0 Å². The highest BCUT2D eigenvalue weighted by atomic mass is 35.5. The third kappa shape index (κ3) is 8.25. The lowest BCUT2D eigenvalue weighted by atomic mass is 9.96. The molecule has 9 nitrogen and oxygen atoms in total. The fraction of sp³-hybridized carbons (Fsp3) is 0.375. The molecule has 2 aliphatic heterocycles. The number of hydrogen-bond acceptors (Lipinski definition) is 6. The molecule has 3 N–H and O–H groups in total. The summed E-state index contributed by atoms with van der Waals surface area (Å²) in [7, 11) is 0. The number of carbonyl (C=O) groups is 3. The Morgan fingerprint density at radius 1 is 0.907 bits per heavy atom. The number of hydrogen-bond donors (Lipinski definition) is 2. The predicted molar refractivity (Wildman–Crippen MR) is 175 cm³/mol. The highest BCUT2D eigenvalue weighted by molar-refractivity contribution is 5.96. The molecule has 3 amide bonds. The summed E-state index contributed by atoms with van der Waals surface area (Å²) in [4.78, 5) is 49.0. The summed E-state index contributed by atoms with van der Waals surface area (Å²) in [5, 5.41) is 3.04. The van der Waals surface area contributed by atoms with E-state index < -0.39 is 5.91 Å². The van der Waals surface area contributed by atoms with Crippen LogP contribution in [0.15, 0.2) is 66.9 Å². The number of piperazine rings is 1. The SMILES string of the molecule is CC(C)N1CCN(c2ccnc(C(=O)N3CCC[C@H](C(=O)Nc4cccc(-c5ccc(C(N)=O)cc5)c4)C3)c2)CC1.Cl.Cl. The molecule has 0 radical (unpaired) electrons. The molecule has 0 bridgehead atoms. The Morgan fingerprint density at radius 3 is 2.30 bits per heavy atom. The zero-order chi connectivity index (χ0) is 28.9. The van der Waals surface area contributed by atoms with Gasteiger partial charge in [-0.25, -0.2) is 0 Å². The smallest absolute Gasteiger partial charge is 0.272 e. The van der Waals surface area contributed by atoms with Crippen molar-refractivity contribution in [1.82, 2.24) is 14.8 Å². The van der Waals surface area contributed by atoms with Gasteiger partial charge in [0.15, 0.2) is 0 Å². The van der Waals surface area contributed by atoms with E-state index in [4.69, 9.17) is 5.73 Å². The van der Waals surface area contributed by atoms with Crippen molar-refractivity contribution in [2.45, 2.75) is 32.7 Å². The zero-order valence-corrected chi connectivity index (χ0v) is 26.2. The Balaban J connectivity index is 0.00000253. The maximum Gasteiger partial charge on any atom is 0.272 e. The average molecular weight is 628 g/mol. The van der Waals surface area contributed by atoms with Crippen LogP contribution in [0.4, 0.5) is 11.4 Å². The molecule has 3 heterocycles. The van der Waals surface area contributed by atoms with Gasteiger partial charge in [-0.05, 0) is 74.2 Å². The molecule has 5 rings (SSSR count). The number of halogens is 2. The molecule has 1 aromatic heterocycles. The van der Waals surface area contributed by atoms with E-state index in [-0.39, 0.29) is 42.5 Å². The number of anilines is 2. The van der Waals surface area contributed by atoms with Crippen LogP contribution >= 0.6 is 24.8 Å². The number of pyridine rings is 1. The minimum atomic E-state index is -0.471. The first-order chi connectivity index (χ1) is 19.8. The van der Waals surface area contributed by atoms with Crippen molar-refractivity contribution in [3.05, 3.63) is 78.1 Å². The standard InChI is InChI=1S/C32H38N6O3.2ClH/c1-22(2)36-15-17-37(18-16-36)28-12-13-34-29(20-28)32(41)38-14-4-6-26(21-38)31(40)35-27-7-3-5-25(19-27)23-8-10-24(11-9-23)30(33)39;;/h3,5,7-13,19-20,22,26H,4,6,14-18,21H2,1-2H3,(H2,33,39)(H,35,40);2*1H/t26-;;/m0../s1. The van der Waals surface area contributed by atoms with Crippen LogP contribution in [0.5, 0.6) is 0 Å². The molecule has 2 saturated heterocycles. The van der Waals surface area contributed by atoms with E-state index in [2.05, 4.69) is 33.9 Å². The number of carbonyl (C=O) groups excluding carboxylic acids is 3. The Bertz CT molecular complexity index is 1410. The first-order valence-electron chi connectivity index (χ1n) is 14.3. The van der Waals surface area contributed by atoms with Gasteiger partial charge in [0.05, 0.1) is 5.92 Å². The summed E-state index contributed by atoms with van der Waals surface area (Å²) in [6.07, 6.45) is 3.18. The lowest BCUT2D eigenvalue weighted by Crippen LogP contribution is -2.49. The molecule has 0 saturated carbocycles. The second-order valence-corrected chi connectivity index (χ2v) is 11.1. The van der Waals surface area contributed by atoms with E-state index in [1.54, 1.807) is 23.2 Å².